The number of carbonyl (C=O) groups excluding carboxylic acids is 1. The number of nitrogens with zero attached hydrogens (tertiary/aromatic N) is 5. The first-order chi connectivity index (χ1) is 13.1. The van der Waals surface area contributed by atoms with E-state index in [0.717, 1.165) is 25.9 Å². The Morgan fingerprint density at radius 2 is 1.78 bits per heavy atom. The molecule has 1 aromatic carbocycles. The third-order valence-corrected chi connectivity index (χ3v) is 4.20. The highest BCUT2D eigenvalue weighted by Gasteiger charge is 2.18. The average molecular weight is 371 g/mol. The molecule has 0 atom stereocenters. The van der Waals surface area contributed by atoms with Crippen LogP contribution in [0.25, 0.3) is 0 Å². The molecule has 1 saturated heterocycles. The van der Waals surface area contributed by atoms with Gasteiger partial charge in [0, 0.05) is 27.2 Å². The number of esters is 1. The second kappa shape index (κ2) is 8.66. The van der Waals surface area contributed by atoms with Crippen LogP contribution in [0.4, 0.5) is 11.9 Å². The predicted octanol–water partition coefficient (Wildman–Crippen LogP) is 2.90. The minimum Gasteiger partial charge on any atom is -0.462 e. The van der Waals surface area contributed by atoms with Crippen molar-refractivity contribution in [2.75, 3.05) is 43.6 Å². The molecule has 8 nitrogen and oxygen atoms in total. The van der Waals surface area contributed by atoms with Crippen LogP contribution in [0.3, 0.4) is 0 Å². The molecule has 1 fully saturated rings. The molecule has 8 heteroatoms. The Hall–Kier alpha value is -2.90. The molecule has 0 unspecified atom stereocenters. The first-order valence-corrected chi connectivity index (χ1v) is 9.20. The Balaban J connectivity index is 1.80. The van der Waals surface area contributed by atoms with Gasteiger partial charge in [-0.05, 0) is 50.5 Å². The number of hydrogen-bond donors (Lipinski definition) is 0. The van der Waals surface area contributed by atoms with Gasteiger partial charge in [-0.15, -0.1) is 0 Å². The fourth-order valence-electron chi connectivity index (χ4n) is 2.80. The topological polar surface area (TPSA) is 80.7 Å². The van der Waals surface area contributed by atoms with Crippen LogP contribution in [0.2, 0.25) is 0 Å². The fraction of sp³-hybridized carbons (Fsp3) is 0.474. The van der Waals surface area contributed by atoms with Crippen LogP contribution >= 0.6 is 0 Å². The molecule has 27 heavy (non-hydrogen) atoms. The minimum absolute atomic E-state index is 0.234. The predicted molar refractivity (Wildman–Crippen MR) is 103 cm³/mol. The second-order valence-electron chi connectivity index (χ2n) is 6.51. The lowest BCUT2D eigenvalue weighted by atomic mass is 10.1. The molecule has 0 amide bonds. The van der Waals surface area contributed by atoms with Gasteiger partial charge in [0.25, 0.3) is 0 Å². The van der Waals surface area contributed by atoms with Gasteiger partial charge in [-0.2, -0.15) is 15.0 Å². The molecule has 0 aliphatic carbocycles. The number of rotatable bonds is 6. The maximum absolute atomic E-state index is 11.7. The van der Waals surface area contributed by atoms with Gasteiger partial charge in [-0.1, -0.05) is 0 Å². The highest BCUT2D eigenvalue weighted by Crippen LogP contribution is 2.24. The first kappa shape index (κ1) is 18.9. The lowest BCUT2D eigenvalue weighted by molar-refractivity contribution is 0.0526. The number of aromatic nitrogens is 3. The summed E-state index contributed by atoms with van der Waals surface area (Å²) in [5.41, 5.74) is 0.475. The molecular formula is C19H25N5O3. The molecular weight excluding hydrogens is 346 g/mol. The molecule has 0 radical (unpaired) electrons. The lowest BCUT2D eigenvalue weighted by Gasteiger charge is -2.27. The summed E-state index contributed by atoms with van der Waals surface area (Å²) in [6.07, 6.45) is 3.50. The minimum atomic E-state index is -0.355. The lowest BCUT2D eigenvalue weighted by Crippen LogP contribution is -2.31. The highest BCUT2D eigenvalue weighted by atomic mass is 16.5. The van der Waals surface area contributed by atoms with Gasteiger partial charge in [0.15, 0.2) is 0 Å². The maximum Gasteiger partial charge on any atom is 0.338 e. The van der Waals surface area contributed by atoms with Crippen molar-refractivity contribution in [2.24, 2.45) is 0 Å². The van der Waals surface area contributed by atoms with Crippen LogP contribution in [0.5, 0.6) is 11.8 Å². The van der Waals surface area contributed by atoms with E-state index in [2.05, 4.69) is 19.9 Å². The number of benzene rings is 1. The molecule has 0 saturated carbocycles. The van der Waals surface area contributed by atoms with Gasteiger partial charge in [0.2, 0.25) is 11.9 Å². The summed E-state index contributed by atoms with van der Waals surface area (Å²) >= 11 is 0. The molecule has 2 heterocycles. The standard InChI is InChI=1S/C19H25N5O3/c1-4-26-16(25)14-8-10-15(11-9-14)27-19-21-17(23(2)3)20-18(22-19)24-12-6-5-7-13-24/h8-11H,4-7,12-13H2,1-3H3. The maximum atomic E-state index is 11.7. The van der Waals surface area contributed by atoms with E-state index in [1.54, 1.807) is 31.2 Å². The van der Waals surface area contributed by atoms with E-state index in [1.807, 2.05) is 19.0 Å². The first-order valence-electron chi connectivity index (χ1n) is 9.20. The van der Waals surface area contributed by atoms with Crippen LogP contribution in [0.1, 0.15) is 36.5 Å². The Bertz CT molecular complexity index is 773. The van der Waals surface area contributed by atoms with Gasteiger partial charge < -0.3 is 19.3 Å². The van der Waals surface area contributed by atoms with Gasteiger partial charge in [0.05, 0.1) is 12.2 Å². The molecule has 2 aromatic rings. The summed E-state index contributed by atoms with van der Waals surface area (Å²) in [7, 11) is 3.76. The van der Waals surface area contributed by atoms with Crippen molar-refractivity contribution in [3.63, 3.8) is 0 Å². The quantitative estimate of drug-likeness (QED) is 0.717. The van der Waals surface area contributed by atoms with Crippen molar-refractivity contribution in [3.8, 4) is 11.8 Å². The van der Waals surface area contributed by atoms with Crippen molar-refractivity contribution in [3.05, 3.63) is 29.8 Å². The molecule has 0 bridgehead atoms. The molecule has 3 rings (SSSR count). The fourth-order valence-corrected chi connectivity index (χ4v) is 2.80. The smallest absolute Gasteiger partial charge is 0.338 e. The SMILES string of the molecule is CCOC(=O)c1ccc(Oc2nc(N(C)C)nc(N3CCCCC3)n2)cc1. The van der Waals surface area contributed by atoms with Crippen LogP contribution in [-0.2, 0) is 4.74 Å². The van der Waals surface area contributed by atoms with E-state index < -0.39 is 0 Å². The molecule has 1 aromatic heterocycles. The van der Waals surface area contributed by atoms with Gasteiger partial charge >= 0.3 is 12.0 Å². The van der Waals surface area contributed by atoms with Crippen LogP contribution < -0.4 is 14.5 Å². The average Bonchev–Trinajstić information content (AvgIpc) is 2.69. The number of anilines is 2. The second-order valence-corrected chi connectivity index (χ2v) is 6.51. The zero-order valence-corrected chi connectivity index (χ0v) is 16.0. The zero-order valence-electron chi connectivity index (χ0n) is 16.0. The van der Waals surface area contributed by atoms with Crippen molar-refractivity contribution >= 4 is 17.9 Å². The van der Waals surface area contributed by atoms with Crippen molar-refractivity contribution in [2.45, 2.75) is 26.2 Å². The normalized spacial score (nSPS) is 14.0. The summed E-state index contributed by atoms with van der Waals surface area (Å²) in [5, 5.41) is 0. The third-order valence-electron chi connectivity index (χ3n) is 4.20. The van der Waals surface area contributed by atoms with Crippen LogP contribution in [-0.4, -0.2) is 54.7 Å². The van der Waals surface area contributed by atoms with E-state index in [4.69, 9.17) is 9.47 Å². The largest absolute Gasteiger partial charge is 0.462 e. The number of hydrogen-bond acceptors (Lipinski definition) is 8. The number of ether oxygens (including phenoxy) is 2. The monoisotopic (exact) mass is 371 g/mol. The zero-order chi connectivity index (χ0) is 19.2. The van der Waals surface area contributed by atoms with Crippen molar-refractivity contribution in [1.82, 2.24) is 15.0 Å². The Morgan fingerprint density at radius 1 is 1.07 bits per heavy atom. The van der Waals surface area contributed by atoms with Crippen LogP contribution in [0.15, 0.2) is 24.3 Å². The molecule has 0 spiro atoms. The number of carbonyl (C=O) groups is 1. The summed E-state index contributed by atoms with van der Waals surface area (Å²) in [5.74, 6) is 1.37. The molecule has 0 N–H and O–H groups in total. The highest BCUT2D eigenvalue weighted by molar-refractivity contribution is 5.89. The molecule has 144 valence electrons. The summed E-state index contributed by atoms with van der Waals surface area (Å²) < 4.78 is 10.8. The Kier molecular flexibility index (Phi) is 6.05. The third kappa shape index (κ3) is 4.84. The van der Waals surface area contributed by atoms with E-state index in [0.29, 0.717) is 29.8 Å². The van der Waals surface area contributed by atoms with Gasteiger partial charge in [0.1, 0.15) is 5.75 Å². The van der Waals surface area contributed by atoms with E-state index in [9.17, 15) is 4.79 Å². The van der Waals surface area contributed by atoms with Crippen LogP contribution in [0, 0.1) is 0 Å². The van der Waals surface area contributed by atoms with Gasteiger partial charge in [-0.25, -0.2) is 4.79 Å². The molecule has 1 aliphatic heterocycles. The van der Waals surface area contributed by atoms with E-state index in [-0.39, 0.29) is 12.0 Å². The van der Waals surface area contributed by atoms with E-state index in [1.165, 1.54) is 6.42 Å². The Morgan fingerprint density at radius 3 is 2.41 bits per heavy atom. The van der Waals surface area contributed by atoms with E-state index >= 15 is 0 Å². The summed E-state index contributed by atoms with van der Waals surface area (Å²) in [4.78, 5) is 29.1. The van der Waals surface area contributed by atoms with Gasteiger partial charge in [-0.3, -0.25) is 0 Å². The molecule has 1 aliphatic rings. The summed E-state index contributed by atoms with van der Waals surface area (Å²) in [6, 6.07) is 6.95. The number of piperidine rings is 1. The Labute approximate surface area is 159 Å². The van der Waals surface area contributed by atoms with Crippen molar-refractivity contribution < 1.29 is 14.3 Å². The summed E-state index contributed by atoms with van der Waals surface area (Å²) in [6.45, 7) is 3.99. The van der Waals surface area contributed by atoms with Crippen molar-refractivity contribution in [1.29, 1.82) is 0 Å².